The van der Waals surface area contributed by atoms with Crippen LogP contribution in [0.15, 0.2) is 29.4 Å². The molecule has 1 amide bonds. The van der Waals surface area contributed by atoms with Gasteiger partial charge in [-0.15, -0.1) is 0 Å². The average molecular weight is 235 g/mol. The first-order chi connectivity index (χ1) is 8.16. The van der Waals surface area contributed by atoms with Gasteiger partial charge in [0.1, 0.15) is 6.61 Å². The molecule has 0 unspecified atom stereocenters. The van der Waals surface area contributed by atoms with Gasteiger partial charge in [-0.25, -0.2) is 4.79 Å². The fourth-order valence-electron chi connectivity index (χ4n) is 1.35. The maximum Gasteiger partial charge on any atom is 0.430 e. The topological polar surface area (TPSA) is 85.0 Å². The van der Waals surface area contributed by atoms with Crippen LogP contribution in [-0.2, 0) is 4.74 Å². The minimum atomic E-state index is -0.508. The number of rotatable bonds is 3. The summed E-state index contributed by atoms with van der Waals surface area (Å²) in [6.45, 7) is 0.704. The standard InChI is InChI=1S/C10H9N3O4/c14-10-12(4-5-17-10)11-7-8-2-1-3-9(6-8)13(15)16/h1-3,6-7H,4-5H2. The summed E-state index contributed by atoms with van der Waals surface area (Å²) < 4.78 is 4.68. The summed E-state index contributed by atoms with van der Waals surface area (Å²) in [5.41, 5.74) is 0.539. The van der Waals surface area contributed by atoms with Crippen LogP contribution in [0.4, 0.5) is 10.5 Å². The number of nitrogens with zero attached hydrogens (tertiary/aromatic N) is 3. The van der Waals surface area contributed by atoms with E-state index in [1.165, 1.54) is 23.4 Å². The largest absolute Gasteiger partial charge is 0.446 e. The smallest absolute Gasteiger partial charge is 0.430 e. The second-order valence-corrected chi connectivity index (χ2v) is 3.33. The van der Waals surface area contributed by atoms with Crippen molar-refractivity contribution in [1.82, 2.24) is 5.01 Å². The molecule has 7 heteroatoms. The van der Waals surface area contributed by atoms with Crippen molar-refractivity contribution in [2.45, 2.75) is 0 Å². The lowest BCUT2D eigenvalue weighted by atomic mass is 10.2. The summed E-state index contributed by atoms with van der Waals surface area (Å²) in [6, 6.07) is 5.99. The molecular formula is C10H9N3O4. The van der Waals surface area contributed by atoms with E-state index in [4.69, 9.17) is 0 Å². The third kappa shape index (κ3) is 2.57. The second-order valence-electron chi connectivity index (χ2n) is 3.33. The number of benzene rings is 1. The number of non-ortho nitro benzene ring substituents is 1. The molecule has 0 aromatic heterocycles. The predicted octanol–water partition coefficient (Wildman–Crippen LogP) is 1.38. The van der Waals surface area contributed by atoms with Crippen molar-refractivity contribution in [1.29, 1.82) is 0 Å². The van der Waals surface area contributed by atoms with Crippen LogP contribution < -0.4 is 0 Å². The highest BCUT2D eigenvalue weighted by molar-refractivity contribution is 5.82. The average Bonchev–Trinajstić information content (AvgIpc) is 2.72. The molecule has 1 fully saturated rings. The van der Waals surface area contributed by atoms with Gasteiger partial charge in [-0.05, 0) is 0 Å². The Balaban J connectivity index is 2.12. The number of carbonyl (C=O) groups is 1. The van der Waals surface area contributed by atoms with Crippen LogP contribution in [0, 0.1) is 10.1 Å². The first-order valence-electron chi connectivity index (χ1n) is 4.89. The van der Waals surface area contributed by atoms with Crippen molar-refractivity contribution in [3.05, 3.63) is 39.9 Å². The fraction of sp³-hybridized carbons (Fsp3) is 0.200. The van der Waals surface area contributed by atoms with Gasteiger partial charge < -0.3 is 4.74 Å². The molecule has 1 aromatic rings. The molecule has 2 rings (SSSR count). The number of ether oxygens (including phenoxy) is 1. The minimum absolute atomic E-state index is 0.0158. The minimum Gasteiger partial charge on any atom is -0.446 e. The third-order valence-electron chi connectivity index (χ3n) is 2.17. The summed E-state index contributed by atoms with van der Waals surface area (Å²) in [4.78, 5) is 21.1. The van der Waals surface area contributed by atoms with Crippen LogP contribution in [0.25, 0.3) is 0 Å². The Labute approximate surface area is 96.4 Å². The molecule has 0 atom stereocenters. The van der Waals surface area contributed by atoms with E-state index in [-0.39, 0.29) is 5.69 Å². The molecule has 1 aromatic carbocycles. The first kappa shape index (κ1) is 11.1. The second kappa shape index (κ2) is 4.60. The van der Waals surface area contributed by atoms with Crippen molar-refractivity contribution < 1.29 is 14.5 Å². The molecule has 0 spiro atoms. The van der Waals surface area contributed by atoms with Crippen molar-refractivity contribution >= 4 is 18.0 Å². The van der Waals surface area contributed by atoms with Gasteiger partial charge in [0.05, 0.1) is 17.7 Å². The molecule has 0 N–H and O–H groups in total. The Morgan fingerprint density at radius 2 is 2.35 bits per heavy atom. The number of hydrazone groups is 1. The number of cyclic esters (lactones) is 1. The number of hydrogen-bond donors (Lipinski definition) is 0. The van der Waals surface area contributed by atoms with Gasteiger partial charge in [0.15, 0.2) is 0 Å². The number of carbonyl (C=O) groups excluding carboxylic acids is 1. The van der Waals surface area contributed by atoms with Crippen LogP contribution >= 0.6 is 0 Å². The van der Waals surface area contributed by atoms with E-state index >= 15 is 0 Å². The highest BCUT2D eigenvalue weighted by Crippen LogP contribution is 2.12. The van der Waals surface area contributed by atoms with E-state index in [1.807, 2.05) is 0 Å². The van der Waals surface area contributed by atoms with Crippen molar-refractivity contribution in [3.63, 3.8) is 0 Å². The molecule has 1 saturated heterocycles. The Hall–Kier alpha value is -2.44. The number of nitro benzene ring substituents is 1. The molecule has 7 nitrogen and oxygen atoms in total. The number of amides is 1. The van der Waals surface area contributed by atoms with E-state index in [2.05, 4.69) is 9.84 Å². The Kier molecular flexibility index (Phi) is 2.99. The highest BCUT2D eigenvalue weighted by Gasteiger charge is 2.20. The Morgan fingerprint density at radius 1 is 1.53 bits per heavy atom. The molecule has 1 aliphatic rings. The highest BCUT2D eigenvalue weighted by atomic mass is 16.6. The monoisotopic (exact) mass is 235 g/mol. The lowest BCUT2D eigenvalue weighted by Gasteiger charge is -2.03. The summed E-state index contributed by atoms with van der Waals surface area (Å²) in [7, 11) is 0. The van der Waals surface area contributed by atoms with Gasteiger partial charge in [-0.1, -0.05) is 12.1 Å². The summed E-state index contributed by atoms with van der Waals surface area (Å²) in [5, 5.41) is 15.6. The fourth-order valence-corrected chi connectivity index (χ4v) is 1.35. The normalized spacial score (nSPS) is 15.3. The van der Waals surface area contributed by atoms with Crippen LogP contribution in [0.5, 0.6) is 0 Å². The molecule has 1 heterocycles. The van der Waals surface area contributed by atoms with Crippen molar-refractivity contribution in [2.75, 3.05) is 13.2 Å². The Morgan fingerprint density at radius 3 is 3.00 bits per heavy atom. The molecule has 0 bridgehead atoms. The molecule has 0 radical (unpaired) electrons. The van der Waals surface area contributed by atoms with E-state index in [9.17, 15) is 14.9 Å². The molecule has 1 aliphatic heterocycles. The van der Waals surface area contributed by atoms with Gasteiger partial charge in [0.25, 0.3) is 5.69 Å². The number of hydrogen-bond acceptors (Lipinski definition) is 5. The van der Waals surface area contributed by atoms with Gasteiger partial charge in [-0.2, -0.15) is 10.1 Å². The van der Waals surface area contributed by atoms with Gasteiger partial charge >= 0.3 is 6.09 Å². The van der Waals surface area contributed by atoms with Crippen LogP contribution in [-0.4, -0.2) is 35.4 Å². The van der Waals surface area contributed by atoms with E-state index in [0.29, 0.717) is 18.7 Å². The van der Waals surface area contributed by atoms with E-state index in [0.717, 1.165) is 0 Å². The van der Waals surface area contributed by atoms with Crippen molar-refractivity contribution in [3.8, 4) is 0 Å². The van der Waals surface area contributed by atoms with Gasteiger partial charge in [-0.3, -0.25) is 10.1 Å². The number of nitro groups is 1. The Bertz CT molecular complexity index is 486. The van der Waals surface area contributed by atoms with Gasteiger partial charge in [0, 0.05) is 17.7 Å². The lowest BCUT2D eigenvalue weighted by Crippen LogP contribution is -2.17. The van der Waals surface area contributed by atoms with E-state index < -0.39 is 11.0 Å². The molecule has 17 heavy (non-hydrogen) atoms. The quantitative estimate of drug-likeness (QED) is 0.450. The molecule has 88 valence electrons. The first-order valence-corrected chi connectivity index (χ1v) is 4.89. The van der Waals surface area contributed by atoms with Crippen molar-refractivity contribution in [2.24, 2.45) is 5.10 Å². The third-order valence-corrected chi connectivity index (χ3v) is 2.17. The molecule has 0 aliphatic carbocycles. The van der Waals surface area contributed by atoms with Crippen LogP contribution in [0.1, 0.15) is 5.56 Å². The predicted molar refractivity (Wildman–Crippen MR) is 58.7 cm³/mol. The summed E-state index contributed by atoms with van der Waals surface area (Å²) >= 11 is 0. The van der Waals surface area contributed by atoms with Crippen LogP contribution in [0.2, 0.25) is 0 Å². The SMILES string of the molecule is O=C1OCCN1N=Cc1cccc([N+](=O)[O-])c1. The summed E-state index contributed by atoms with van der Waals surface area (Å²) in [6.07, 6.45) is 0.881. The van der Waals surface area contributed by atoms with Gasteiger partial charge in [0.2, 0.25) is 0 Å². The lowest BCUT2D eigenvalue weighted by molar-refractivity contribution is -0.384. The zero-order valence-electron chi connectivity index (χ0n) is 8.78. The molecule has 0 saturated carbocycles. The maximum absolute atomic E-state index is 11.1. The zero-order chi connectivity index (χ0) is 12.3. The maximum atomic E-state index is 11.1. The van der Waals surface area contributed by atoms with E-state index in [1.54, 1.807) is 12.1 Å². The molecular weight excluding hydrogens is 226 g/mol. The summed E-state index contributed by atoms with van der Waals surface area (Å²) in [5.74, 6) is 0. The van der Waals surface area contributed by atoms with Crippen LogP contribution in [0.3, 0.4) is 0 Å². The zero-order valence-corrected chi connectivity index (χ0v) is 8.78.